The van der Waals surface area contributed by atoms with Gasteiger partial charge in [-0.25, -0.2) is 4.79 Å². The van der Waals surface area contributed by atoms with E-state index in [9.17, 15) is 22.8 Å². The topological polar surface area (TPSA) is 76.7 Å². The molecule has 6 nitrogen and oxygen atoms in total. The summed E-state index contributed by atoms with van der Waals surface area (Å²) >= 11 is 0. The molecule has 1 amide bonds. The molecule has 0 aliphatic heterocycles. The standard InChI is InChI=1S/C21H23F3N2O4/c1-3-30-19(28)20(21(22,23)24,25-14-13-15-7-5-4-6-8-15)26-18(27)16-9-11-17(29-2)12-10-16/h4-12,25H,3,13-14H2,1-2H3,(H,26,27)/t20-/m1/s1. The largest absolute Gasteiger partial charge is 0.497 e. The van der Waals surface area contributed by atoms with Crippen LogP contribution in [-0.4, -0.2) is 44.0 Å². The van der Waals surface area contributed by atoms with E-state index in [-0.39, 0.29) is 25.1 Å². The van der Waals surface area contributed by atoms with E-state index < -0.39 is 23.7 Å². The quantitative estimate of drug-likeness (QED) is 0.478. The molecule has 0 radical (unpaired) electrons. The number of benzene rings is 2. The van der Waals surface area contributed by atoms with E-state index in [2.05, 4.69) is 10.1 Å². The molecule has 0 unspecified atom stereocenters. The molecule has 0 heterocycles. The van der Waals surface area contributed by atoms with Gasteiger partial charge in [-0.1, -0.05) is 30.3 Å². The van der Waals surface area contributed by atoms with Crippen molar-refractivity contribution >= 4 is 11.9 Å². The number of halogens is 3. The SMILES string of the molecule is CCOC(=O)[C@@](NCCc1ccccc1)(NC(=O)c1ccc(OC)cc1)C(F)(F)F. The third-order valence-electron chi connectivity index (χ3n) is 4.31. The molecule has 2 rings (SSSR count). The van der Waals surface area contributed by atoms with Gasteiger partial charge in [-0.2, -0.15) is 13.2 Å². The van der Waals surface area contributed by atoms with E-state index in [1.165, 1.54) is 38.3 Å². The van der Waals surface area contributed by atoms with Crippen molar-refractivity contribution in [3.05, 3.63) is 65.7 Å². The van der Waals surface area contributed by atoms with Crippen molar-refractivity contribution in [1.82, 2.24) is 10.6 Å². The van der Waals surface area contributed by atoms with Crippen LogP contribution in [0.15, 0.2) is 54.6 Å². The first-order valence-electron chi connectivity index (χ1n) is 9.23. The fourth-order valence-electron chi connectivity index (χ4n) is 2.72. The number of carbonyl (C=O) groups is 2. The summed E-state index contributed by atoms with van der Waals surface area (Å²) in [5.41, 5.74) is -2.69. The molecule has 162 valence electrons. The lowest BCUT2D eigenvalue weighted by molar-refractivity contribution is -0.218. The number of rotatable bonds is 9. The molecular weight excluding hydrogens is 401 g/mol. The molecule has 2 N–H and O–H groups in total. The summed E-state index contributed by atoms with van der Waals surface area (Å²) in [5, 5.41) is 3.98. The smallest absolute Gasteiger partial charge is 0.436 e. The molecule has 2 aromatic carbocycles. The first-order chi connectivity index (χ1) is 14.2. The first kappa shape index (κ1) is 23.2. The second kappa shape index (κ2) is 10.1. The van der Waals surface area contributed by atoms with Crippen LogP contribution in [0.25, 0.3) is 0 Å². The molecular formula is C21H23F3N2O4. The number of amides is 1. The molecule has 0 aliphatic carbocycles. The fourth-order valence-corrected chi connectivity index (χ4v) is 2.72. The van der Waals surface area contributed by atoms with Crippen LogP contribution >= 0.6 is 0 Å². The van der Waals surface area contributed by atoms with Crippen molar-refractivity contribution in [2.75, 3.05) is 20.3 Å². The van der Waals surface area contributed by atoms with Crippen LogP contribution in [0.3, 0.4) is 0 Å². The highest BCUT2D eigenvalue weighted by Gasteiger charge is 2.63. The van der Waals surface area contributed by atoms with Gasteiger partial charge in [-0.05, 0) is 43.2 Å². The second-order valence-corrected chi connectivity index (χ2v) is 6.31. The normalized spacial score (nSPS) is 13.2. The summed E-state index contributed by atoms with van der Waals surface area (Å²) in [7, 11) is 1.42. The van der Waals surface area contributed by atoms with Gasteiger partial charge in [0.1, 0.15) is 5.75 Å². The van der Waals surface area contributed by atoms with Gasteiger partial charge in [0.15, 0.2) is 0 Å². The number of hydrogen-bond donors (Lipinski definition) is 2. The molecule has 0 bridgehead atoms. The van der Waals surface area contributed by atoms with Crippen molar-refractivity contribution in [3.8, 4) is 5.75 Å². The van der Waals surface area contributed by atoms with Gasteiger partial charge in [-0.3, -0.25) is 10.1 Å². The zero-order valence-corrected chi connectivity index (χ0v) is 16.6. The Balaban J connectivity index is 2.29. The number of carbonyl (C=O) groups excluding carboxylic acids is 2. The minimum absolute atomic E-state index is 0.0708. The van der Waals surface area contributed by atoms with Gasteiger partial charge in [-0.15, -0.1) is 0 Å². The van der Waals surface area contributed by atoms with Crippen molar-refractivity contribution in [1.29, 1.82) is 0 Å². The summed E-state index contributed by atoms with van der Waals surface area (Å²) in [6, 6.07) is 14.2. The minimum atomic E-state index is -5.15. The van der Waals surface area contributed by atoms with E-state index in [4.69, 9.17) is 4.74 Å². The van der Waals surface area contributed by atoms with Gasteiger partial charge >= 0.3 is 12.1 Å². The third kappa shape index (κ3) is 5.50. The average Bonchev–Trinajstić information content (AvgIpc) is 2.73. The predicted molar refractivity (Wildman–Crippen MR) is 104 cm³/mol. The number of nitrogens with one attached hydrogen (secondary N) is 2. The van der Waals surface area contributed by atoms with Crippen molar-refractivity contribution in [2.45, 2.75) is 25.2 Å². The summed E-state index contributed by atoms with van der Waals surface area (Å²) in [6.45, 7) is 0.870. The highest BCUT2D eigenvalue weighted by atomic mass is 19.4. The van der Waals surface area contributed by atoms with Gasteiger partial charge in [0.25, 0.3) is 11.6 Å². The van der Waals surface area contributed by atoms with E-state index in [0.29, 0.717) is 5.75 Å². The van der Waals surface area contributed by atoms with Gasteiger partial charge < -0.3 is 14.8 Å². The lowest BCUT2D eigenvalue weighted by atomic mass is 10.1. The highest BCUT2D eigenvalue weighted by Crippen LogP contribution is 2.30. The van der Waals surface area contributed by atoms with Crippen molar-refractivity contribution < 1.29 is 32.2 Å². The Morgan fingerprint density at radius 2 is 1.63 bits per heavy atom. The van der Waals surface area contributed by atoms with Gasteiger partial charge in [0, 0.05) is 12.1 Å². The van der Waals surface area contributed by atoms with Crippen LogP contribution in [0.4, 0.5) is 13.2 Å². The second-order valence-electron chi connectivity index (χ2n) is 6.31. The summed E-state index contributed by atoms with van der Waals surface area (Å²) in [4.78, 5) is 24.9. The van der Waals surface area contributed by atoms with Crippen LogP contribution in [0, 0.1) is 0 Å². The molecule has 0 saturated heterocycles. The van der Waals surface area contributed by atoms with Crippen LogP contribution in [-0.2, 0) is 16.0 Å². The first-order valence-corrected chi connectivity index (χ1v) is 9.23. The number of hydrogen-bond acceptors (Lipinski definition) is 5. The average molecular weight is 424 g/mol. The number of methoxy groups -OCH3 is 1. The molecule has 2 aromatic rings. The lowest BCUT2D eigenvalue weighted by Crippen LogP contribution is -2.73. The van der Waals surface area contributed by atoms with Gasteiger partial charge in [0.2, 0.25) is 0 Å². The van der Waals surface area contributed by atoms with E-state index in [0.717, 1.165) is 5.56 Å². The van der Waals surface area contributed by atoms with E-state index in [1.807, 2.05) is 0 Å². The fraction of sp³-hybridized carbons (Fsp3) is 0.333. The van der Waals surface area contributed by atoms with Crippen molar-refractivity contribution in [3.63, 3.8) is 0 Å². The Hall–Kier alpha value is -3.07. The molecule has 0 saturated carbocycles. The molecule has 1 atom stereocenters. The zero-order chi connectivity index (χ0) is 22.2. The summed E-state index contributed by atoms with van der Waals surface area (Å²) in [5.74, 6) is -2.29. The predicted octanol–water partition coefficient (Wildman–Crippen LogP) is 3.08. The molecule has 0 spiro atoms. The van der Waals surface area contributed by atoms with E-state index >= 15 is 0 Å². The molecule has 0 aliphatic rings. The molecule has 0 fully saturated rings. The molecule has 9 heteroatoms. The minimum Gasteiger partial charge on any atom is -0.497 e. The Morgan fingerprint density at radius 3 is 2.17 bits per heavy atom. The maximum absolute atomic E-state index is 14.1. The monoisotopic (exact) mass is 424 g/mol. The maximum Gasteiger partial charge on any atom is 0.436 e. The number of esters is 1. The van der Waals surface area contributed by atoms with Crippen LogP contribution in [0.1, 0.15) is 22.8 Å². The lowest BCUT2D eigenvalue weighted by Gasteiger charge is -2.34. The third-order valence-corrected chi connectivity index (χ3v) is 4.31. The highest BCUT2D eigenvalue weighted by molar-refractivity contribution is 5.98. The Kier molecular flexibility index (Phi) is 7.82. The van der Waals surface area contributed by atoms with Crippen LogP contribution < -0.4 is 15.4 Å². The number of alkyl halides is 3. The Morgan fingerprint density at radius 1 is 1.00 bits per heavy atom. The molecule has 30 heavy (non-hydrogen) atoms. The Labute approximate surface area is 172 Å². The summed E-state index contributed by atoms with van der Waals surface area (Å²) < 4.78 is 51.8. The van der Waals surface area contributed by atoms with Crippen LogP contribution in [0.5, 0.6) is 5.75 Å². The number of ether oxygens (including phenoxy) is 2. The summed E-state index contributed by atoms with van der Waals surface area (Å²) in [6.07, 6.45) is -4.95. The van der Waals surface area contributed by atoms with E-state index in [1.54, 1.807) is 35.6 Å². The van der Waals surface area contributed by atoms with Crippen molar-refractivity contribution in [2.24, 2.45) is 0 Å². The maximum atomic E-state index is 14.1. The molecule has 0 aromatic heterocycles. The Bertz CT molecular complexity index is 842. The van der Waals surface area contributed by atoms with Crippen LogP contribution in [0.2, 0.25) is 0 Å². The van der Waals surface area contributed by atoms with Gasteiger partial charge in [0.05, 0.1) is 13.7 Å². The zero-order valence-electron chi connectivity index (χ0n) is 16.6.